The highest BCUT2D eigenvalue weighted by molar-refractivity contribution is 5.13. The van der Waals surface area contributed by atoms with Gasteiger partial charge in [-0.3, -0.25) is 0 Å². The van der Waals surface area contributed by atoms with Gasteiger partial charge in [0, 0.05) is 0 Å². The molecule has 0 aromatic heterocycles. The minimum Gasteiger partial charge on any atom is -0.390 e. The molecular weight excluding hydrogens is 240 g/mol. The summed E-state index contributed by atoms with van der Waals surface area (Å²) in [6.07, 6.45) is 1.34. The molecule has 0 bridgehead atoms. The summed E-state index contributed by atoms with van der Waals surface area (Å²) in [4.78, 5) is 0. The van der Waals surface area contributed by atoms with Crippen LogP contribution in [0.3, 0.4) is 0 Å². The molecule has 3 unspecified atom stereocenters. The fourth-order valence-electron chi connectivity index (χ4n) is 2.91. The van der Waals surface area contributed by atoms with E-state index in [1.807, 2.05) is 18.2 Å². The molecule has 3 heteroatoms. The number of hydrogen-bond acceptors (Lipinski definition) is 3. The van der Waals surface area contributed by atoms with Crippen molar-refractivity contribution in [3.63, 3.8) is 0 Å². The molecule has 0 radical (unpaired) electrons. The fourth-order valence-corrected chi connectivity index (χ4v) is 2.91. The van der Waals surface area contributed by atoms with Crippen molar-refractivity contribution in [1.29, 1.82) is 0 Å². The van der Waals surface area contributed by atoms with Crippen LogP contribution in [0.5, 0.6) is 0 Å². The second kappa shape index (κ2) is 7.04. The minimum atomic E-state index is -0.548. The minimum absolute atomic E-state index is 0.380. The first kappa shape index (κ1) is 14.5. The lowest BCUT2D eigenvalue weighted by atomic mass is 9.89. The van der Waals surface area contributed by atoms with Crippen LogP contribution in [0.2, 0.25) is 0 Å². The highest BCUT2D eigenvalue weighted by Crippen LogP contribution is 2.34. The Kier molecular flexibility index (Phi) is 5.37. The molecule has 106 valence electrons. The molecule has 0 saturated heterocycles. The molecule has 1 aromatic carbocycles. The highest BCUT2D eigenvalue weighted by atomic mass is 16.5. The first-order chi connectivity index (χ1) is 9.20. The predicted molar refractivity (Wildman–Crippen MR) is 74.6 cm³/mol. The zero-order chi connectivity index (χ0) is 13.7. The van der Waals surface area contributed by atoms with Crippen LogP contribution in [-0.4, -0.2) is 29.0 Å². The normalized spacial score (nSPS) is 28.5. The van der Waals surface area contributed by atoms with Crippen LogP contribution in [0, 0.1) is 11.8 Å². The monoisotopic (exact) mass is 264 g/mol. The average Bonchev–Trinajstić information content (AvgIpc) is 2.76. The number of benzene rings is 1. The topological polar surface area (TPSA) is 49.7 Å². The van der Waals surface area contributed by atoms with Crippen LogP contribution in [0.25, 0.3) is 0 Å². The molecular formula is C16H24O3. The molecule has 3 atom stereocenters. The Morgan fingerprint density at radius 2 is 1.79 bits per heavy atom. The van der Waals surface area contributed by atoms with Crippen LogP contribution in [-0.2, 0) is 11.3 Å². The number of hydrogen-bond donors (Lipinski definition) is 2. The van der Waals surface area contributed by atoms with Gasteiger partial charge < -0.3 is 14.9 Å². The number of ether oxygens (including phenoxy) is 1. The zero-order valence-electron chi connectivity index (χ0n) is 11.5. The van der Waals surface area contributed by atoms with Gasteiger partial charge in [-0.1, -0.05) is 43.7 Å². The van der Waals surface area contributed by atoms with Gasteiger partial charge in [0.2, 0.25) is 0 Å². The maximum absolute atomic E-state index is 9.63. The van der Waals surface area contributed by atoms with Gasteiger partial charge in [-0.05, 0) is 30.2 Å². The fraction of sp³-hybridized carbons (Fsp3) is 0.625. The van der Waals surface area contributed by atoms with E-state index in [4.69, 9.17) is 4.74 Å². The van der Waals surface area contributed by atoms with Crippen molar-refractivity contribution in [3.8, 4) is 0 Å². The second-order valence-corrected chi connectivity index (χ2v) is 5.54. The molecule has 19 heavy (non-hydrogen) atoms. The maximum Gasteiger partial charge on any atom is 0.0802 e. The van der Waals surface area contributed by atoms with Crippen molar-refractivity contribution in [2.45, 2.75) is 45.0 Å². The average molecular weight is 264 g/mol. The maximum atomic E-state index is 9.63. The predicted octanol–water partition coefficient (Wildman–Crippen LogP) is 2.36. The van der Waals surface area contributed by atoms with E-state index in [-0.39, 0.29) is 0 Å². The van der Waals surface area contributed by atoms with Gasteiger partial charge >= 0.3 is 0 Å². The highest BCUT2D eigenvalue weighted by Gasteiger charge is 2.35. The molecule has 2 N–H and O–H groups in total. The van der Waals surface area contributed by atoms with E-state index in [9.17, 15) is 10.2 Å². The summed E-state index contributed by atoms with van der Waals surface area (Å²) in [7, 11) is 0. The summed E-state index contributed by atoms with van der Waals surface area (Å²) in [6, 6.07) is 10.1. The Morgan fingerprint density at radius 1 is 1.16 bits per heavy atom. The molecule has 0 heterocycles. The Morgan fingerprint density at radius 3 is 2.37 bits per heavy atom. The third-order valence-corrected chi connectivity index (χ3v) is 4.17. The summed E-state index contributed by atoms with van der Waals surface area (Å²) in [6.45, 7) is 3.48. The van der Waals surface area contributed by atoms with Gasteiger partial charge in [0.05, 0.1) is 25.4 Å². The van der Waals surface area contributed by atoms with Gasteiger partial charge in [0.25, 0.3) is 0 Å². The van der Waals surface area contributed by atoms with Crippen molar-refractivity contribution >= 4 is 0 Å². The van der Waals surface area contributed by atoms with E-state index in [2.05, 4.69) is 19.1 Å². The van der Waals surface area contributed by atoms with Crippen molar-refractivity contribution in [2.24, 2.45) is 11.8 Å². The van der Waals surface area contributed by atoms with Gasteiger partial charge in [0.1, 0.15) is 0 Å². The van der Waals surface area contributed by atoms with E-state index in [0.29, 0.717) is 37.9 Å². The van der Waals surface area contributed by atoms with Crippen LogP contribution >= 0.6 is 0 Å². The largest absolute Gasteiger partial charge is 0.390 e. The third kappa shape index (κ3) is 4.03. The smallest absolute Gasteiger partial charge is 0.0802 e. The first-order valence-corrected chi connectivity index (χ1v) is 7.18. The third-order valence-electron chi connectivity index (χ3n) is 4.17. The summed E-state index contributed by atoms with van der Waals surface area (Å²) >= 11 is 0. The van der Waals surface area contributed by atoms with Gasteiger partial charge in [-0.15, -0.1) is 0 Å². The van der Waals surface area contributed by atoms with Crippen LogP contribution in [0.4, 0.5) is 0 Å². The summed E-state index contributed by atoms with van der Waals surface area (Å²) < 4.78 is 5.79. The number of aliphatic hydroxyl groups is 2. The van der Waals surface area contributed by atoms with Crippen molar-refractivity contribution in [2.75, 3.05) is 6.61 Å². The molecule has 1 aliphatic rings. The first-order valence-electron chi connectivity index (χ1n) is 7.18. The zero-order valence-corrected chi connectivity index (χ0v) is 11.5. The number of rotatable bonds is 6. The lowest BCUT2D eigenvalue weighted by Crippen LogP contribution is -2.18. The quantitative estimate of drug-likeness (QED) is 0.829. The molecule has 0 spiro atoms. The standard InChI is InChI=1S/C16H24O3/c1-2-13(14-8-15(17)16(18)9-14)11-19-10-12-6-4-3-5-7-12/h3-7,13-18H,2,8-11H2,1H3. The molecule has 0 aliphatic heterocycles. The molecule has 1 fully saturated rings. The molecule has 3 nitrogen and oxygen atoms in total. The second-order valence-electron chi connectivity index (χ2n) is 5.54. The van der Waals surface area contributed by atoms with E-state index in [0.717, 1.165) is 6.42 Å². The lowest BCUT2D eigenvalue weighted by Gasteiger charge is -2.21. The Hall–Kier alpha value is -0.900. The molecule has 0 amide bonds. The van der Waals surface area contributed by atoms with Crippen molar-refractivity contribution in [3.05, 3.63) is 35.9 Å². The van der Waals surface area contributed by atoms with E-state index in [1.165, 1.54) is 5.56 Å². The summed E-state index contributed by atoms with van der Waals surface area (Å²) in [5.74, 6) is 0.807. The molecule has 1 aliphatic carbocycles. The van der Waals surface area contributed by atoms with E-state index < -0.39 is 12.2 Å². The van der Waals surface area contributed by atoms with Crippen LogP contribution in [0.1, 0.15) is 31.7 Å². The Labute approximate surface area is 115 Å². The van der Waals surface area contributed by atoms with Crippen molar-refractivity contribution < 1.29 is 14.9 Å². The summed E-state index contributed by atoms with van der Waals surface area (Å²) in [5, 5.41) is 19.3. The van der Waals surface area contributed by atoms with Gasteiger partial charge in [-0.2, -0.15) is 0 Å². The SMILES string of the molecule is CCC(COCc1ccccc1)C1CC(O)C(O)C1. The van der Waals surface area contributed by atoms with Gasteiger partial charge in [0.15, 0.2) is 0 Å². The lowest BCUT2D eigenvalue weighted by molar-refractivity contribution is 0.0438. The van der Waals surface area contributed by atoms with Crippen LogP contribution in [0.15, 0.2) is 30.3 Å². The number of aliphatic hydroxyl groups excluding tert-OH is 2. The molecule has 2 rings (SSSR count). The Bertz CT molecular complexity index is 356. The molecule has 1 saturated carbocycles. The Balaban J connectivity index is 1.77. The molecule has 1 aromatic rings. The van der Waals surface area contributed by atoms with E-state index in [1.54, 1.807) is 0 Å². The van der Waals surface area contributed by atoms with Crippen LogP contribution < -0.4 is 0 Å². The van der Waals surface area contributed by atoms with Crippen molar-refractivity contribution in [1.82, 2.24) is 0 Å². The van der Waals surface area contributed by atoms with E-state index >= 15 is 0 Å². The van der Waals surface area contributed by atoms with Gasteiger partial charge in [-0.25, -0.2) is 0 Å². The summed E-state index contributed by atoms with van der Waals surface area (Å²) in [5.41, 5.74) is 1.18.